The van der Waals surface area contributed by atoms with Crippen LogP contribution in [0.2, 0.25) is 0 Å². The third-order valence-corrected chi connectivity index (χ3v) is 5.84. The summed E-state index contributed by atoms with van der Waals surface area (Å²) in [5.41, 5.74) is -3.26. The van der Waals surface area contributed by atoms with Crippen LogP contribution in [0.4, 0.5) is 13.2 Å². The molecule has 0 aromatic heterocycles. The molecule has 0 heterocycles. The molecule has 0 saturated heterocycles. The molecule has 0 fully saturated rings. The highest BCUT2D eigenvalue weighted by atomic mass is 19.4. The number of hydrogen-bond donors (Lipinski definition) is 4. The van der Waals surface area contributed by atoms with Crippen molar-refractivity contribution in [1.82, 2.24) is 0 Å². The molecule has 4 aromatic rings. The van der Waals surface area contributed by atoms with Crippen molar-refractivity contribution in [3.63, 3.8) is 0 Å². The summed E-state index contributed by atoms with van der Waals surface area (Å²) in [5, 5.41) is 36.8. The quantitative estimate of drug-likeness (QED) is 0.166. The third kappa shape index (κ3) is 6.31. The number of benzene rings is 4. The monoisotopic (exact) mass is 582 g/mol. The van der Waals surface area contributed by atoms with Gasteiger partial charge < -0.3 is 29.9 Å². The van der Waals surface area contributed by atoms with Crippen molar-refractivity contribution in [2.75, 3.05) is 0 Å². The van der Waals surface area contributed by atoms with E-state index in [4.69, 9.17) is 19.7 Å². The lowest BCUT2D eigenvalue weighted by Crippen LogP contribution is -2.08. The van der Waals surface area contributed by atoms with Crippen molar-refractivity contribution in [2.45, 2.75) is 6.18 Å². The fourth-order valence-corrected chi connectivity index (χ4v) is 3.95. The van der Waals surface area contributed by atoms with E-state index in [0.717, 1.165) is 36.4 Å². The predicted molar refractivity (Wildman–Crippen MR) is 138 cm³/mol. The van der Waals surface area contributed by atoms with Crippen LogP contribution in [0.15, 0.2) is 78.9 Å². The number of halogens is 3. The van der Waals surface area contributed by atoms with Crippen LogP contribution in [-0.2, 0) is 6.18 Å². The van der Waals surface area contributed by atoms with Gasteiger partial charge in [-0.1, -0.05) is 18.2 Å². The molecule has 0 aliphatic rings. The summed E-state index contributed by atoms with van der Waals surface area (Å²) < 4.78 is 53.0. The Morgan fingerprint density at radius 2 is 0.881 bits per heavy atom. The Morgan fingerprint density at radius 3 is 1.31 bits per heavy atom. The van der Waals surface area contributed by atoms with Crippen LogP contribution in [0.25, 0.3) is 11.1 Å². The van der Waals surface area contributed by atoms with Crippen LogP contribution in [-0.4, -0.2) is 44.3 Å². The van der Waals surface area contributed by atoms with Gasteiger partial charge in [-0.15, -0.1) is 0 Å². The van der Waals surface area contributed by atoms with E-state index >= 15 is 0 Å². The standard InChI is InChI=1S/C29H17F3O10/c30-29(31,32)24-13-18(42-17-7-10-21(26(35)36)23(12-17)28(39)40)5-8-19(24)14-1-3-15(4-2-14)41-16-6-9-20(25(33)34)22(11-16)27(37)38/h1-13H,(H,33,34)(H,35,36)(H,37,38)(H,39,40). The molecule has 0 radical (unpaired) electrons. The maximum Gasteiger partial charge on any atom is 0.417 e. The number of carbonyl (C=O) groups is 4. The van der Waals surface area contributed by atoms with E-state index in [-0.39, 0.29) is 34.1 Å². The average molecular weight is 582 g/mol. The summed E-state index contributed by atoms with van der Waals surface area (Å²) in [6.45, 7) is 0. The van der Waals surface area contributed by atoms with Gasteiger partial charge in [0.25, 0.3) is 0 Å². The first-order valence-corrected chi connectivity index (χ1v) is 11.6. The van der Waals surface area contributed by atoms with Crippen LogP contribution < -0.4 is 9.47 Å². The largest absolute Gasteiger partial charge is 0.478 e. The first kappa shape index (κ1) is 29.1. The number of rotatable bonds is 9. The predicted octanol–water partition coefficient (Wildman–Crippen LogP) is 6.75. The number of carboxylic acids is 4. The molecule has 0 spiro atoms. The highest BCUT2D eigenvalue weighted by Crippen LogP contribution is 2.40. The fourth-order valence-electron chi connectivity index (χ4n) is 3.95. The van der Waals surface area contributed by atoms with Gasteiger partial charge in [-0.05, 0) is 71.8 Å². The number of hydrogen-bond acceptors (Lipinski definition) is 6. The van der Waals surface area contributed by atoms with E-state index in [0.29, 0.717) is 6.07 Å². The minimum absolute atomic E-state index is 0.00919. The second-order valence-corrected chi connectivity index (χ2v) is 8.57. The molecule has 0 aliphatic carbocycles. The molecule has 0 aliphatic heterocycles. The first-order valence-electron chi connectivity index (χ1n) is 11.6. The van der Waals surface area contributed by atoms with Crippen molar-refractivity contribution >= 4 is 23.9 Å². The van der Waals surface area contributed by atoms with Gasteiger partial charge in [0.2, 0.25) is 0 Å². The molecular weight excluding hydrogens is 565 g/mol. The summed E-state index contributed by atoms with van der Waals surface area (Å²) in [6, 6.07) is 14.7. The summed E-state index contributed by atoms with van der Waals surface area (Å²) in [7, 11) is 0. The molecule has 0 atom stereocenters. The molecule has 4 aromatic carbocycles. The fraction of sp³-hybridized carbons (Fsp3) is 0.0345. The van der Waals surface area contributed by atoms with E-state index in [9.17, 15) is 42.6 Å². The van der Waals surface area contributed by atoms with E-state index in [1.807, 2.05) is 0 Å². The van der Waals surface area contributed by atoms with E-state index < -0.39 is 57.9 Å². The molecule has 214 valence electrons. The van der Waals surface area contributed by atoms with Crippen molar-refractivity contribution in [2.24, 2.45) is 0 Å². The molecule has 10 nitrogen and oxygen atoms in total. The Bertz CT molecular complexity index is 1730. The van der Waals surface area contributed by atoms with Gasteiger partial charge >= 0.3 is 30.1 Å². The van der Waals surface area contributed by atoms with Crippen molar-refractivity contribution < 1.29 is 62.2 Å². The Labute approximate surface area is 233 Å². The van der Waals surface area contributed by atoms with Crippen molar-refractivity contribution in [3.8, 4) is 34.1 Å². The van der Waals surface area contributed by atoms with Crippen LogP contribution in [0.1, 0.15) is 47.0 Å². The number of alkyl halides is 3. The van der Waals surface area contributed by atoms with Crippen LogP contribution in [0.5, 0.6) is 23.0 Å². The van der Waals surface area contributed by atoms with E-state index in [1.54, 1.807) is 0 Å². The minimum atomic E-state index is -4.83. The Morgan fingerprint density at radius 1 is 0.500 bits per heavy atom. The van der Waals surface area contributed by atoms with Gasteiger partial charge in [0.05, 0.1) is 27.8 Å². The Kier molecular flexibility index (Phi) is 7.86. The minimum Gasteiger partial charge on any atom is -0.478 e. The molecule has 0 saturated carbocycles. The van der Waals surface area contributed by atoms with Gasteiger partial charge in [0, 0.05) is 0 Å². The molecule has 0 amide bonds. The smallest absolute Gasteiger partial charge is 0.417 e. The summed E-state index contributed by atoms with van der Waals surface area (Å²) in [4.78, 5) is 45.2. The van der Waals surface area contributed by atoms with Gasteiger partial charge in [-0.3, -0.25) is 0 Å². The maximum absolute atomic E-state index is 14.0. The van der Waals surface area contributed by atoms with Crippen molar-refractivity contribution in [3.05, 3.63) is 107 Å². The third-order valence-electron chi connectivity index (χ3n) is 5.84. The van der Waals surface area contributed by atoms with Crippen LogP contribution in [0.3, 0.4) is 0 Å². The molecular formula is C29H17F3O10. The highest BCUT2D eigenvalue weighted by molar-refractivity contribution is 6.02. The van der Waals surface area contributed by atoms with Gasteiger partial charge in [0.15, 0.2) is 0 Å². The molecule has 4 rings (SSSR count). The zero-order valence-corrected chi connectivity index (χ0v) is 20.9. The zero-order valence-electron chi connectivity index (χ0n) is 20.9. The Hall–Kier alpha value is -5.85. The SMILES string of the molecule is O=C(O)c1ccc(Oc2ccc(-c3ccc(Oc4ccc(C(=O)O)c(C(=O)O)c4)cc3C(F)(F)F)cc2)cc1C(=O)O. The summed E-state index contributed by atoms with van der Waals surface area (Å²) in [6.07, 6.45) is -4.83. The van der Waals surface area contributed by atoms with E-state index in [1.165, 1.54) is 36.4 Å². The maximum atomic E-state index is 14.0. The lowest BCUT2D eigenvalue weighted by molar-refractivity contribution is -0.137. The Balaban J connectivity index is 1.62. The molecule has 0 unspecified atom stereocenters. The summed E-state index contributed by atoms with van der Waals surface area (Å²) >= 11 is 0. The second-order valence-electron chi connectivity index (χ2n) is 8.57. The van der Waals surface area contributed by atoms with Gasteiger partial charge in [-0.2, -0.15) is 13.2 Å². The van der Waals surface area contributed by atoms with Gasteiger partial charge in [-0.25, -0.2) is 19.2 Å². The topological polar surface area (TPSA) is 168 Å². The van der Waals surface area contributed by atoms with E-state index in [2.05, 4.69) is 0 Å². The van der Waals surface area contributed by atoms with Crippen LogP contribution in [0, 0.1) is 0 Å². The van der Waals surface area contributed by atoms with Crippen LogP contribution >= 0.6 is 0 Å². The zero-order chi connectivity index (χ0) is 30.8. The lowest BCUT2D eigenvalue weighted by Gasteiger charge is -2.16. The highest BCUT2D eigenvalue weighted by Gasteiger charge is 2.34. The molecule has 42 heavy (non-hydrogen) atoms. The molecule has 4 N–H and O–H groups in total. The molecule has 13 heteroatoms. The van der Waals surface area contributed by atoms with Gasteiger partial charge in [0.1, 0.15) is 23.0 Å². The second kappa shape index (κ2) is 11.3. The first-order chi connectivity index (χ1) is 19.7. The number of aromatic carboxylic acids is 4. The lowest BCUT2D eigenvalue weighted by atomic mass is 9.99. The number of carboxylic acid groups (broad SMARTS) is 4. The van der Waals surface area contributed by atoms with Crippen molar-refractivity contribution in [1.29, 1.82) is 0 Å². The normalized spacial score (nSPS) is 11.0. The number of ether oxygens (including phenoxy) is 2. The summed E-state index contributed by atoms with van der Waals surface area (Å²) in [5.74, 6) is -6.35. The average Bonchev–Trinajstić information content (AvgIpc) is 2.92. The molecule has 0 bridgehead atoms.